The monoisotopic (exact) mass is 244 g/mol. The van der Waals surface area contributed by atoms with Gasteiger partial charge >= 0.3 is 5.97 Å². The van der Waals surface area contributed by atoms with Crippen LogP contribution in [0.3, 0.4) is 0 Å². The minimum Gasteiger partial charge on any atom is -0.458 e. The van der Waals surface area contributed by atoms with E-state index in [4.69, 9.17) is 0 Å². The standard InChI is InChI=1S/C7H10O2.C4H6O2S/c1-4-5-9-7(8)6(2)3;1-3-7(5,6)4-2/h4H,1-2,5H2,3H3;3-4H,1-2H2. The third kappa shape index (κ3) is 10.5. The van der Waals surface area contributed by atoms with Gasteiger partial charge in [0.05, 0.1) is 0 Å². The molecule has 0 aromatic carbocycles. The molecule has 0 aliphatic rings. The zero-order valence-corrected chi connectivity index (χ0v) is 10.1. The van der Waals surface area contributed by atoms with Crippen LogP contribution in [0, 0.1) is 0 Å². The summed E-state index contributed by atoms with van der Waals surface area (Å²) in [5, 5.41) is 1.69. The largest absolute Gasteiger partial charge is 0.458 e. The van der Waals surface area contributed by atoms with Crippen LogP contribution in [0.15, 0.2) is 48.8 Å². The third-order valence-electron chi connectivity index (χ3n) is 1.15. The second-order valence-electron chi connectivity index (χ2n) is 2.59. The van der Waals surface area contributed by atoms with E-state index in [-0.39, 0.29) is 12.6 Å². The summed E-state index contributed by atoms with van der Waals surface area (Å²) in [6.07, 6.45) is 1.51. The van der Waals surface area contributed by atoms with E-state index in [1.54, 1.807) is 6.92 Å². The van der Waals surface area contributed by atoms with Gasteiger partial charge in [-0.3, -0.25) is 0 Å². The van der Waals surface area contributed by atoms with E-state index >= 15 is 0 Å². The summed E-state index contributed by atoms with van der Waals surface area (Å²) in [5.74, 6) is -0.366. The minimum atomic E-state index is -3.13. The van der Waals surface area contributed by atoms with E-state index in [0.717, 1.165) is 10.8 Å². The summed E-state index contributed by atoms with van der Waals surface area (Å²) in [7, 11) is -3.13. The highest BCUT2D eigenvalue weighted by molar-refractivity contribution is 7.97. The first-order valence-corrected chi connectivity index (χ1v) is 5.85. The van der Waals surface area contributed by atoms with Crippen molar-refractivity contribution in [3.63, 3.8) is 0 Å². The molecule has 0 rings (SSSR count). The summed E-state index contributed by atoms with van der Waals surface area (Å²) >= 11 is 0. The molecule has 0 radical (unpaired) electrons. The zero-order chi connectivity index (χ0) is 13.2. The predicted octanol–water partition coefficient (Wildman–Crippen LogP) is 1.98. The zero-order valence-electron chi connectivity index (χ0n) is 9.31. The van der Waals surface area contributed by atoms with Gasteiger partial charge in [-0.05, 0) is 6.92 Å². The Bertz CT molecular complexity index is 363. The van der Waals surface area contributed by atoms with Crippen molar-refractivity contribution in [2.75, 3.05) is 6.61 Å². The molecule has 0 unspecified atom stereocenters. The van der Waals surface area contributed by atoms with Gasteiger partial charge in [-0.2, -0.15) is 0 Å². The van der Waals surface area contributed by atoms with E-state index in [1.807, 2.05) is 0 Å². The summed E-state index contributed by atoms with van der Waals surface area (Å²) in [6.45, 7) is 14.7. The molecule has 0 saturated heterocycles. The molecule has 0 atom stereocenters. The van der Waals surface area contributed by atoms with Crippen LogP contribution in [0.5, 0.6) is 0 Å². The van der Waals surface area contributed by atoms with Gasteiger partial charge in [0.2, 0.25) is 0 Å². The number of hydrogen-bond acceptors (Lipinski definition) is 4. The molecule has 90 valence electrons. The molecule has 0 aliphatic heterocycles. The minimum absolute atomic E-state index is 0.256. The van der Waals surface area contributed by atoms with Gasteiger partial charge in [0.25, 0.3) is 0 Å². The predicted molar refractivity (Wildman–Crippen MR) is 65.3 cm³/mol. The SMILES string of the molecule is C=CCOC(=O)C(=C)C.C=CS(=O)(=O)C=C. The van der Waals surface area contributed by atoms with Crippen LogP contribution in [-0.2, 0) is 19.4 Å². The van der Waals surface area contributed by atoms with Crippen molar-refractivity contribution in [2.24, 2.45) is 0 Å². The number of esters is 1. The molecule has 0 spiro atoms. The maximum atomic E-state index is 10.5. The van der Waals surface area contributed by atoms with Crippen molar-refractivity contribution >= 4 is 15.8 Å². The van der Waals surface area contributed by atoms with Crippen LogP contribution in [0.2, 0.25) is 0 Å². The van der Waals surface area contributed by atoms with E-state index < -0.39 is 9.84 Å². The highest BCUT2D eigenvalue weighted by Gasteiger charge is 1.98. The Balaban J connectivity index is 0. The van der Waals surface area contributed by atoms with Gasteiger partial charge in [-0.25, -0.2) is 13.2 Å². The number of carbonyl (C=O) groups is 1. The summed E-state index contributed by atoms with van der Waals surface area (Å²) in [5.41, 5.74) is 0.414. The topological polar surface area (TPSA) is 60.4 Å². The van der Waals surface area contributed by atoms with Gasteiger partial charge in [0.1, 0.15) is 6.61 Å². The highest BCUT2D eigenvalue weighted by Crippen LogP contribution is 1.90. The normalized spacial score (nSPS) is 9.06. The molecule has 0 aromatic heterocycles. The Labute approximate surface area is 96.5 Å². The molecule has 0 saturated carbocycles. The average molecular weight is 244 g/mol. The van der Waals surface area contributed by atoms with Gasteiger partial charge in [0, 0.05) is 16.4 Å². The first-order chi connectivity index (χ1) is 7.30. The molecule has 4 nitrogen and oxygen atoms in total. The third-order valence-corrected chi connectivity index (χ3v) is 2.07. The van der Waals surface area contributed by atoms with Crippen LogP contribution in [0.25, 0.3) is 0 Å². The summed E-state index contributed by atoms with van der Waals surface area (Å²) in [6, 6.07) is 0. The number of carbonyl (C=O) groups excluding carboxylic acids is 1. The molecule has 0 aliphatic carbocycles. The molecule has 0 fully saturated rings. The average Bonchev–Trinajstić information content (AvgIpc) is 2.26. The van der Waals surface area contributed by atoms with Crippen LogP contribution in [0.1, 0.15) is 6.92 Å². The molecule has 5 heteroatoms. The van der Waals surface area contributed by atoms with E-state index in [0.29, 0.717) is 5.57 Å². The molecule has 16 heavy (non-hydrogen) atoms. The lowest BCUT2D eigenvalue weighted by molar-refractivity contribution is -0.137. The Kier molecular flexibility index (Phi) is 9.10. The molecular formula is C11H16O4S. The molecule has 0 bridgehead atoms. The molecule has 0 N–H and O–H groups in total. The van der Waals surface area contributed by atoms with Gasteiger partial charge in [-0.1, -0.05) is 32.4 Å². The first kappa shape index (κ1) is 16.8. The quantitative estimate of drug-likeness (QED) is 0.421. The lowest BCUT2D eigenvalue weighted by atomic mass is 10.4. The van der Waals surface area contributed by atoms with Crippen LogP contribution in [-0.4, -0.2) is 21.0 Å². The van der Waals surface area contributed by atoms with Gasteiger partial charge < -0.3 is 4.74 Å². The van der Waals surface area contributed by atoms with Crippen molar-refractivity contribution in [1.82, 2.24) is 0 Å². The van der Waals surface area contributed by atoms with E-state index in [1.165, 1.54) is 6.08 Å². The molecule has 0 heterocycles. The Morgan fingerprint density at radius 2 is 1.69 bits per heavy atom. The number of rotatable bonds is 5. The fourth-order valence-electron chi connectivity index (χ4n) is 0.326. The van der Waals surface area contributed by atoms with Crippen LogP contribution >= 0.6 is 0 Å². The number of ether oxygens (including phenoxy) is 1. The second kappa shape index (κ2) is 8.67. The highest BCUT2D eigenvalue weighted by atomic mass is 32.2. The van der Waals surface area contributed by atoms with E-state index in [2.05, 4.69) is 31.1 Å². The van der Waals surface area contributed by atoms with Crippen molar-refractivity contribution in [2.45, 2.75) is 6.92 Å². The number of sulfone groups is 1. The fraction of sp³-hybridized carbons (Fsp3) is 0.182. The van der Waals surface area contributed by atoms with Crippen LogP contribution < -0.4 is 0 Å². The van der Waals surface area contributed by atoms with Crippen LogP contribution in [0.4, 0.5) is 0 Å². The second-order valence-corrected chi connectivity index (χ2v) is 4.43. The fourth-order valence-corrected chi connectivity index (χ4v) is 0.462. The van der Waals surface area contributed by atoms with Crippen molar-refractivity contribution in [3.05, 3.63) is 48.8 Å². The number of hydrogen-bond donors (Lipinski definition) is 0. The molecule has 0 amide bonds. The Morgan fingerprint density at radius 1 is 1.25 bits per heavy atom. The van der Waals surface area contributed by atoms with Gasteiger partial charge in [0.15, 0.2) is 9.84 Å². The Morgan fingerprint density at radius 3 is 1.88 bits per heavy atom. The maximum absolute atomic E-state index is 10.5. The lowest BCUT2D eigenvalue weighted by Gasteiger charge is -1.97. The van der Waals surface area contributed by atoms with E-state index in [9.17, 15) is 13.2 Å². The van der Waals surface area contributed by atoms with Crippen molar-refractivity contribution < 1.29 is 17.9 Å². The van der Waals surface area contributed by atoms with Gasteiger partial charge in [-0.15, -0.1) is 0 Å². The summed E-state index contributed by atoms with van der Waals surface area (Å²) < 4.78 is 24.9. The summed E-state index contributed by atoms with van der Waals surface area (Å²) in [4.78, 5) is 10.5. The van der Waals surface area contributed by atoms with Crippen molar-refractivity contribution in [1.29, 1.82) is 0 Å². The first-order valence-electron chi connectivity index (χ1n) is 4.24. The maximum Gasteiger partial charge on any atom is 0.333 e. The van der Waals surface area contributed by atoms with Crippen molar-refractivity contribution in [3.8, 4) is 0 Å². The molecular weight excluding hydrogens is 228 g/mol. The smallest absolute Gasteiger partial charge is 0.333 e. The lowest BCUT2D eigenvalue weighted by Crippen LogP contribution is -2.03. The Hall–Kier alpha value is -1.62. The molecule has 0 aromatic rings.